The van der Waals surface area contributed by atoms with Crippen LogP contribution in [0.25, 0.3) is 0 Å². The van der Waals surface area contributed by atoms with Gasteiger partial charge in [0.2, 0.25) is 0 Å². The van der Waals surface area contributed by atoms with Crippen LogP contribution in [0.3, 0.4) is 0 Å². The van der Waals surface area contributed by atoms with E-state index < -0.39 is 0 Å². The number of ether oxygens (including phenoxy) is 1. The predicted molar refractivity (Wildman–Crippen MR) is 127 cm³/mol. The van der Waals surface area contributed by atoms with Crippen LogP contribution >= 0.6 is 0 Å². The van der Waals surface area contributed by atoms with Crippen LogP contribution in [0.1, 0.15) is 28.9 Å². The van der Waals surface area contributed by atoms with Crippen molar-refractivity contribution in [3.8, 4) is 5.75 Å². The maximum atomic E-state index is 9.61. The number of aliphatic hydroxyl groups excluding tert-OH is 1. The van der Waals surface area contributed by atoms with Crippen LogP contribution in [0.5, 0.6) is 5.75 Å². The smallest absolute Gasteiger partial charge is 0.119 e. The molecule has 3 aromatic rings. The van der Waals surface area contributed by atoms with Crippen molar-refractivity contribution in [2.45, 2.75) is 39.1 Å². The van der Waals surface area contributed by atoms with Crippen molar-refractivity contribution in [2.24, 2.45) is 0 Å². The van der Waals surface area contributed by atoms with E-state index in [1.807, 2.05) is 31.2 Å². The van der Waals surface area contributed by atoms with Gasteiger partial charge in [-0.1, -0.05) is 48.5 Å². The first-order valence-corrected chi connectivity index (χ1v) is 11.4. The number of aryl methyl sites for hydroxylation is 1. The molecule has 5 heteroatoms. The Kier molecular flexibility index (Phi) is 7.88. The summed E-state index contributed by atoms with van der Waals surface area (Å²) in [5.74, 6) is 0.895. The lowest BCUT2D eigenvalue weighted by Crippen LogP contribution is -2.52. The van der Waals surface area contributed by atoms with Crippen molar-refractivity contribution in [1.82, 2.24) is 14.8 Å². The zero-order valence-corrected chi connectivity index (χ0v) is 18.9. The minimum atomic E-state index is 0.212. The Balaban J connectivity index is 1.30. The molecule has 32 heavy (non-hydrogen) atoms. The molecular formula is C27H33N3O2. The highest BCUT2D eigenvalue weighted by Crippen LogP contribution is 2.20. The van der Waals surface area contributed by atoms with Gasteiger partial charge in [0.1, 0.15) is 12.4 Å². The van der Waals surface area contributed by atoms with Crippen molar-refractivity contribution >= 4 is 0 Å². The third-order valence-electron chi connectivity index (χ3n) is 6.04. The topological polar surface area (TPSA) is 48.8 Å². The van der Waals surface area contributed by atoms with Crippen molar-refractivity contribution < 1.29 is 9.84 Å². The van der Waals surface area contributed by atoms with Crippen LogP contribution in [0.15, 0.2) is 72.8 Å². The van der Waals surface area contributed by atoms with Gasteiger partial charge in [-0.15, -0.1) is 0 Å². The lowest BCUT2D eigenvalue weighted by atomic mass is 10.1. The molecule has 5 nitrogen and oxygen atoms in total. The van der Waals surface area contributed by atoms with E-state index in [0.717, 1.165) is 56.3 Å². The summed E-state index contributed by atoms with van der Waals surface area (Å²) in [5, 5.41) is 9.61. The number of rotatable bonds is 9. The largest absolute Gasteiger partial charge is 0.489 e. The van der Waals surface area contributed by atoms with E-state index in [9.17, 15) is 5.11 Å². The molecule has 2 aromatic carbocycles. The maximum absolute atomic E-state index is 9.61. The Bertz CT molecular complexity index is 962. The first-order chi connectivity index (χ1) is 15.7. The van der Waals surface area contributed by atoms with E-state index in [1.54, 1.807) is 0 Å². The summed E-state index contributed by atoms with van der Waals surface area (Å²) in [4.78, 5) is 9.62. The molecule has 4 rings (SSSR count). The molecule has 0 aliphatic carbocycles. The fourth-order valence-corrected chi connectivity index (χ4v) is 4.32. The monoisotopic (exact) mass is 431 g/mol. The molecule has 0 saturated carbocycles. The number of piperazine rings is 1. The molecule has 0 spiro atoms. The van der Waals surface area contributed by atoms with Gasteiger partial charge in [-0.05, 0) is 48.7 Å². The third kappa shape index (κ3) is 6.39. The van der Waals surface area contributed by atoms with E-state index >= 15 is 0 Å². The lowest BCUT2D eigenvalue weighted by molar-refractivity contribution is 0.0491. The zero-order chi connectivity index (χ0) is 22.2. The highest BCUT2D eigenvalue weighted by atomic mass is 16.5. The first-order valence-electron chi connectivity index (χ1n) is 11.4. The Labute approximate surface area is 191 Å². The Morgan fingerprint density at radius 3 is 2.47 bits per heavy atom. The first kappa shape index (κ1) is 22.5. The van der Waals surface area contributed by atoms with Crippen LogP contribution in [0.4, 0.5) is 0 Å². The van der Waals surface area contributed by atoms with E-state index in [2.05, 4.69) is 63.3 Å². The quantitative estimate of drug-likeness (QED) is 0.554. The molecule has 1 N–H and O–H groups in total. The molecule has 168 valence electrons. The van der Waals surface area contributed by atoms with Crippen LogP contribution in [0.2, 0.25) is 0 Å². The van der Waals surface area contributed by atoms with E-state index in [-0.39, 0.29) is 6.61 Å². The van der Waals surface area contributed by atoms with Gasteiger partial charge in [-0.2, -0.15) is 0 Å². The number of nitrogens with zero attached hydrogens (tertiary/aromatic N) is 3. The van der Waals surface area contributed by atoms with Gasteiger partial charge in [0, 0.05) is 51.1 Å². The van der Waals surface area contributed by atoms with Crippen LogP contribution in [-0.2, 0) is 19.7 Å². The number of hydrogen-bond donors (Lipinski definition) is 1. The van der Waals surface area contributed by atoms with Gasteiger partial charge in [0.15, 0.2) is 0 Å². The molecule has 0 bridgehead atoms. The second kappa shape index (κ2) is 11.2. The Hall–Kier alpha value is -2.73. The summed E-state index contributed by atoms with van der Waals surface area (Å²) in [6.07, 6.45) is 0.786. The van der Waals surface area contributed by atoms with E-state index in [0.29, 0.717) is 12.6 Å². The standard InChI is InChI=1S/C27H33N3O2/c1-22-6-5-9-25(28-22)19-30-16-15-29(20-26(30)14-17-31)18-23-10-12-27(13-11-23)32-21-24-7-3-2-4-8-24/h2-13,26,31H,14-21H2,1H3/t26-/m0/s1. The van der Waals surface area contributed by atoms with Gasteiger partial charge >= 0.3 is 0 Å². The molecule has 0 radical (unpaired) electrons. The molecule has 1 saturated heterocycles. The van der Waals surface area contributed by atoms with Crippen LogP contribution in [0, 0.1) is 6.92 Å². The minimum absolute atomic E-state index is 0.212. The average molecular weight is 432 g/mol. The summed E-state index contributed by atoms with van der Waals surface area (Å²) < 4.78 is 5.91. The number of pyridine rings is 1. The molecule has 0 amide bonds. The van der Waals surface area contributed by atoms with Crippen LogP contribution < -0.4 is 4.74 Å². The Morgan fingerprint density at radius 2 is 1.72 bits per heavy atom. The third-order valence-corrected chi connectivity index (χ3v) is 6.04. The molecule has 1 atom stereocenters. The fraction of sp³-hybridized carbons (Fsp3) is 0.370. The highest BCUT2D eigenvalue weighted by Gasteiger charge is 2.27. The number of benzene rings is 2. The molecule has 0 unspecified atom stereocenters. The molecule has 1 fully saturated rings. The van der Waals surface area contributed by atoms with Gasteiger partial charge in [-0.25, -0.2) is 0 Å². The number of aliphatic hydroxyl groups is 1. The van der Waals surface area contributed by atoms with Gasteiger partial charge in [0.25, 0.3) is 0 Å². The van der Waals surface area contributed by atoms with Crippen molar-refractivity contribution in [3.05, 3.63) is 95.3 Å². The average Bonchev–Trinajstić information content (AvgIpc) is 2.81. The van der Waals surface area contributed by atoms with Crippen molar-refractivity contribution in [1.29, 1.82) is 0 Å². The molecular weight excluding hydrogens is 398 g/mol. The van der Waals surface area contributed by atoms with Gasteiger partial charge in [-0.3, -0.25) is 14.8 Å². The molecule has 1 aliphatic heterocycles. The maximum Gasteiger partial charge on any atom is 0.119 e. The van der Waals surface area contributed by atoms with Crippen molar-refractivity contribution in [2.75, 3.05) is 26.2 Å². The second-order valence-corrected chi connectivity index (χ2v) is 8.56. The zero-order valence-electron chi connectivity index (χ0n) is 18.9. The van der Waals surface area contributed by atoms with Gasteiger partial charge in [0.05, 0.1) is 5.69 Å². The van der Waals surface area contributed by atoms with Gasteiger partial charge < -0.3 is 9.84 Å². The summed E-state index contributed by atoms with van der Waals surface area (Å²) in [7, 11) is 0. The molecule has 1 aromatic heterocycles. The SMILES string of the molecule is Cc1cccc(CN2CCN(Cc3ccc(OCc4ccccc4)cc3)C[C@@H]2CCO)n1. The highest BCUT2D eigenvalue weighted by molar-refractivity contribution is 5.28. The Morgan fingerprint density at radius 1 is 0.906 bits per heavy atom. The summed E-state index contributed by atoms with van der Waals surface area (Å²) in [6.45, 7) is 7.54. The normalized spacial score (nSPS) is 17.4. The molecule has 2 heterocycles. The predicted octanol–water partition coefficient (Wildman–Crippen LogP) is 4.04. The van der Waals surface area contributed by atoms with E-state index in [1.165, 1.54) is 11.1 Å². The second-order valence-electron chi connectivity index (χ2n) is 8.56. The van der Waals surface area contributed by atoms with Crippen molar-refractivity contribution in [3.63, 3.8) is 0 Å². The summed E-state index contributed by atoms with van der Waals surface area (Å²) >= 11 is 0. The summed E-state index contributed by atoms with van der Waals surface area (Å²) in [5.41, 5.74) is 4.61. The number of aromatic nitrogens is 1. The molecule has 1 aliphatic rings. The van der Waals surface area contributed by atoms with Crippen LogP contribution in [-0.4, -0.2) is 52.2 Å². The fourth-order valence-electron chi connectivity index (χ4n) is 4.32. The minimum Gasteiger partial charge on any atom is -0.489 e. The lowest BCUT2D eigenvalue weighted by Gasteiger charge is -2.41. The summed E-state index contributed by atoms with van der Waals surface area (Å²) in [6, 6.07) is 25.2. The van der Waals surface area contributed by atoms with E-state index in [4.69, 9.17) is 4.74 Å². The number of hydrogen-bond acceptors (Lipinski definition) is 5.